The van der Waals surface area contributed by atoms with Crippen LogP contribution in [0.3, 0.4) is 0 Å². The van der Waals surface area contributed by atoms with Gasteiger partial charge in [-0.05, 0) is 47.5 Å². The molecule has 4 aromatic carbocycles. The maximum Gasteiger partial charge on any atom is 0.326 e. The molecule has 2 aromatic heterocycles. The van der Waals surface area contributed by atoms with Gasteiger partial charge in [0.2, 0.25) is 5.95 Å². The molecular formula is C28H19Cl2N4O3P. The fraction of sp³-hybridized carbons (Fsp3) is 0.0714. The minimum Gasteiger partial charge on any atom is -0.324 e. The molecule has 6 bridgehead atoms. The Morgan fingerprint density at radius 2 is 1.55 bits per heavy atom. The van der Waals surface area contributed by atoms with Crippen molar-refractivity contribution in [2.24, 2.45) is 0 Å². The van der Waals surface area contributed by atoms with E-state index in [4.69, 9.17) is 33.2 Å². The van der Waals surface area contributed by atoms with Gasteiger partial charge in [0.15, 0.2) is 0 Å². The van der Waals surface area contributed by atoms with Crippen molar-refractivity contribution in [1.29, 1.82) is 0 Å². The second-order valence-corrected chi connectivity index (χ2v) is 12.0. The first-order chi connectivity index (χ1) is 18.3. The molecule has 0 spiro atoms. The van der Waals surface area contributed by atoms with E-state index >= 15 is 0 Å². The molecule has 0 radical (unpaired) electrons. The van der Waals surface area contributed by atoms with Crippen molar-refractivity contribution in [3.8, 4) is 33.9 Å². The first kappa shape index (κ1) is 23.7. The molecule has 3 heterocycles. The molecule has 7 rings (SSSR count). The Morgan fingerprint density at radius 1 is 0.763 bits per heavy atom. The topological polar surface area (TPSA) is 93.2 Å². The van der Waals surface area contributed by atoms with Gasteiger partial charge in [-0.25, -0.2) is 9.97 Å². The van der Waals surface area contributed by atoms with Gasteiger partial charge in [0.25, 0.3) is 0 Å². The summed E-state index contributed by atoms with van der Waals surface area (Å²) in [4.78, 5) is 29.1. The van der Waals surface area contributed by atoms with E-state index in [2.05, 4.69) is 30.3 Å². The van der Waals surface area contributed by atoms with E-state index in [9.17, 15) is 14.4 Å². The van der Waals surface area contributed by atoms with Crippen molar-refractivity contribution in [3.05, 3.63) is 94.7 Å². The molecule has 0 amide bonds. The third-order valence-electron chi connectivity index (χ3n) is 6.85. The van der Waals surface area contributed by atoms with E-state index in [0.717, 1.165) is 39.0 Å². The van der Waals surface area contributed by atoms with Crippen LogP contribution in [0, 0.1) is 0 Å². The lowest BCUT2D eigenvalue weighted by Crippen LogP contribution is -2.11. The fourth-order valence-corrected chi connectivity index (χ4v) is 6.09. The van der Waals surface area contributed by atoms with Crippen molar-refractivity contribution >= 4 is 52.9 Å². The quantitative estimate of drug-likeness (QED) is 0.220. The van der Waals surface area contributed by atoms with Crippen LogP contribution in [0.1, 0.15) is 5.82 Å². The summed E-state index contributed by atoms with van der Waals surface area (Å²) in [5.41, 5.74) is 7.82. The molecule has 2 N–H and O–H groups in total. The monoisotopic (exact) mass is 560 g/mol. The van der Waals surface area contributed by atoms with Crippen LogP contribution in [0.15, 0.2) is 78.9 Å². The number of hydrogen-bond acceptors (Lipinski definition) is 3. The number of imidazole rings is 2. The molecule has 0 fully saturated rings. The third-order valence-corrected chi connectivity index (χ3v) is 8.11. The Balaban J connectivity index is 1.58. The van der Waals surface area contributed by atoms with Crippen LogP contribution in [0.5, 0.6) is 0 Å². The van der Waals surface area contributed by atoms with E-state index in [-0.39, 0.29) is 12.6 Å². The van der Waals surface area contributed by atoms with Crippen LogP contribution >= 0.6 is 30.8 Å². The highest BCUT2D eigenvalue weighted by molar-refractivity contribution is 7.51. The highest BCUT2D eigenvalue weighted by Gasteiger charge is 2.27. The van der Waals surface area contributed by atoms with E-state index < -0.39 is 7.60 Å². The summed E-state index contributed by atoms with van der Waals surface area (Å²) in [6, 6.07) is 25.5. The van der Waals surface area contributed by atoms with E-state index in [0.29, 0.717) is 32.9 Å². The van der Waals surface area contributed by atoms with Gasteiger partial charge in [-0.3, -0.25) is 13.7 Å². The van der Waals surface area contributed by atoms with Crippen LogP contribution in [0.4, 0.5) is 0 Å². The van der Waals surface area contributed by atoms with Gasteiger partial charge in [0.05, 0.1) is 33.9 Å². The average Bonchev–Trinajstić information content (AvgIpc) is 3.42. The number of aryl methyl sites for hydroxylation is 1. The Morgan fingerprint density at radius 3 is 2.34 bits per heavy atom. The highest BCUT2D eigenvalue weighted by atomic mass is 35.5. The largest absolute Gasteiger partial charge is 0.326 e. The molecule has 188 valence electrons. The Kier molecular flexibility index (Phi) is 5.31. The number of aromatic nitrogens is 4. The fourth-order valence-electron chi connectivity index (χ4n) is 5.22. The summed E-state index contributed by atoms with van der Waals surface area (Å²) < 4.78 is 15.7. The van der Waals surface area contributed by atoms with E-state index in [1.54, 1.807) is 18.2 Å². The van der Waals surface area contributed by atoms with Gasteiger partial charge >= 0.3 is 7.60 Å². The minimum absolute atomic E-state index is 0.0545. The lowest BCUT2D eigenvalue weighted by Gasteiger charge is -2.17. The molecule has 0 unspecified atom stereocenters. The first-order valence-corrected chi connectivity index (χ1v) is 14.5. The Hall–Kier alpha value is -3.45. The van der Waals surface area contributed by atoms with Crippen LogP contribution in [0.25, 0.3) is 56.0 Å². The van der Waals surface area contributed by atoms with Crippen LogP contribution in [0.2, 0.25) is 10.0 Å². The second-order valence-electron chi connectivity index (χ2n) is 9.30. The standard InChI is InChI=1S/C28H19Cl2N4O3P/c29-18-7-9-22-24(14-18)34(26(31-22)10-11-38(35,36)37)28-32-27-21-13-19(30)15-25(27)33(28)23-12-17(21)6-8-20(23)16-4-2-1-3-5-16/h1-9,12-15H,10-11H2,(H2,35,36,37). The predicted octanol–water partition coefficient (Wildman–Crippen LogP) is 7.04. The molecular weight excluding hydrogens is 542 g/mol. The van der Waals surface area contributed by atoms with Gasteiger partial charge in [-0.2, -0.15) is 0 Å². The zero-order valence-electron chi connectivity index (χ0n) is 19.7. The van der Waals surface area contributed by atoms with Gasteiger partial charge in [0, 0.05) is 27.6 Å². The molecule has 0 atom stereocenters. The zero-order valence-corrected chi connectivity index (χ0v) is 22.1. The summed E-state index contributed by atoms with van der Waals surface area (Å²) in [5, 5.41) is 1.11. The number of nitrogens with zero attached hydrogens (tertiary/aromatic N) is 4. The lowest BCUT2D eigenvalue weighted by atomic mass is 9.98. The SMILES string of the molecule is O=P(O)(O)CCc1nc2ccc(Cl)cc2n1-c1nc2c3cc(Cl)cc2n1-c1cc-3ccc1-c1ccccc1. The molecule has 7 nitrogen and oxygen atoms in total. The smallest absolute Gasteiger partial charge is 0.324 e. The third kappa shape index (κ3) is 3.78. The van der Waals surface area contributed by atoms with E-state index in [1.165, 1.54) is 0 Å². The first-order valence-electron chi connectivity index (χ1n) is 11.9. The average molecular weight is 561 g/mol. The maximum absolute atomic E-state index is 11.8. The van der Waals surface area contributed by atoms with Gasteiger partial charge < -0.3 is 9.79 Å². The number of hydrogen-bond donors (Lipinski definition) is 2. The predicted molar refractivity (Wildman–Crippen MR) is 151 cm³/mol. The summed E-state index contributed by atoms with van der Waals surface area (Å²) >= 11 is 13.0. The van der Waals surface area contributed by atoms with Crippen molar-refractivity contribution in [2.45, 2.75) is 6.42 Å². The van der Waals surface area contributed by atoms with Gasteiger partial charge in [0.1, 0.15) is 5.82 Å². The summed E-state index contributed by atoms with van der Waals surface area (Å²) in [5.74, 6) is 1.02. The van der Waals surface area contributed by atoms with Crippen molar-refractivity contribution in [1.82, 2.24) is 19.1 Å². The van der Waals surface area contributed by atoms with Crippen molar-refractivity contribution < 1.29 is 14.4 Å². The normalized spacial score (nSPS) is 12.5. The van der Waals surface area contributed by atoms with Crippen molar-refractivity contribution in [3.63, 3.8) is 0 Å². The lowest BCUT2D eigenvalue weighted by molar-refractivity contribution is 0.372. The number of benzene rings is 4. The number of fused-ring (bicyclic) bond motifs is 5. The minimum atomic E-state index is -4.26. The molecule has 1 aliphatic heterocycles. The van der Waals surface area contributed by atoms with E-state index in [1.807, 2.05) is 39.5 Å². The Labute approximate surface area is 227 Å². The van der Waals surface area contributed by atoms with Crippen LogP contribution < -0.4 is 0 Å². The molecule has 10 heteroatoms. The summed E-state index contributed by atoms with van der Waals surface area (Å²) in [7, 11) is -4.26. The van der Waals surface area contributed by atoms with Gasteiger partial charge in [-0.15, -0.1) is 0 Å². The summed E-state index contributed by atoms with van der Waals surface area (Å²) in [6.07, 6.45) is -0.287. The van der Waals surface area contributed by atoms with Crippen LogP contribution in [-0.4, -0.2) is 35.1 Å². The molecule has 0 saturated carbocycles. The highest BCUT2D eigenvalue weighted by Crippen LogP contribution is 2.43. The second kappa shape index (κ2) is 8.53. The van der Waals surface area contributed by atoms with Crippen molar-refractivity contribution in [2.75, 3.05) is 6.16 Å². The zero-order chi connectivity index (χ0) is 26.2. The van der Waals surface area contributed by atoms with Crippen LogP contribution in [-0.2, 0) is 11.0 Å². The Bertz CT molecular complexity index is 1960. The number of halogens is 2. The molecule has 1 aliphatic rings. The molecule has 6 aromatic rings. The molecule has 0 aliphatic carbocycles. The maximum atomic E-state index is 11.8. The molecule has 38 heavy (non-hydrogen) atoms. The van der Waals surface area contributed by atoms with Gasteiger partial charge in [-0.1, -0.05) is 65.7 Å². The molecule has 0 saturated heterocycles. The summed E-state index contributed by atoms with van der Waals surface area (Å²) in [6.45, 7) is 0. The number of rotatable bonds is 5.